The summed E-state index contributed by atoms with van der Waals surface area (Å²) in [5.74, 6) is 0.737. The van der Waals surface area contributed by atoms with E-state index >= 15 is 0 Å². The molecule has 0 heterocycles. The van der Waals surface area contributed by atoms with Crippen molar-refractivity contribution in [2.45, 2.75) is 44.9 Å². The van der Waals surface area contributed by atoms with Gasteiger partial charge in [0.25, 0.3) is 5.91 Å². The molecule has 0 aliphatic heterocycles. The Morgan fingerprint density at radius 3 is 2.03 bits per heavy atom. The van der Waals surface area contributed by atoms with Gasteiger partial charge in [-0.25, -0.2) is 0 Å². The maximum absolute atomic E-state index is 13.2. The van der Waals surface area contributed by atoms with Gasteiger partial charge in [0.2, 0.25) is 0 Å². The molecule has 5 N–H and O–H groups in total. The molecule has 0 fully saturated rings. The van der Waals surface area contributed by atoms with Crippen molar-refractivity contribution >= 4 is 5.91 Å². The summed E-state index contributed by atoms with van der Waals surface area (Å²) < 4.78 is 12.2. The van der Waals surface area contributed by atoms with Crippen molar-refractivity contribution < 1.29 is 14.3 Å². The van der Waals surface area contributed by atoms with E-state index in [-0.39, 0.29) is 11.9 Å². The van der Waals surface area contributed by atoms with E-state index in [4.69, 9.17) is 20.9 Å². The van der Waals surface area contributed by atoms with Gasteiger partial charge in [-0.3, -0.25) is 4.79 Å². The van der Waals surface area contributed by atoms with Crippen molar-refractivity contribution in [3.63, 3.8) is 0 Å². The average molecular weight is 462 g/mol. The summed E-state index contributed by atoms with van der Waals surface area (Å²) >= 11 is 0. The van der Waals surface area contributed by atoms with Crippen LogP contribution < -0.4 is 26.3 Å². The van der Waals surface area contributed by atoms with Crippen LogP contribution in [0.5, 0.6) is 11.5 Å². The van der Waals surface area contributed by atoms with Gasteiger partial charge in [-0.1, -0.05) is 79.6 Å². The molecule has 3 rings (SSSR count). The van der Waals surface area contributed by atoms with Crippen LogP contribution in [0.2, 0.25) is 0 Å². The first kappa shape index (κ1) is 25.3. The van der Waals surface area contributed by atoms with Crippen molar-refractivity contribution in [3.05, 3.63) is 95.6 Å². The predicted octanol–water partition coefficient (Wildman–Crippen LogP) is 4.42. The van der Waals surface area contributed by atoms with Crippen LogP contribution in [0.15, 0.2) is 78.9 Å². The van der Waals surface area contributed by atoms with Crippen molar-refractivity contribution in [3.8, 4) is 11.5 Å². The minimum absolute atomic E-state index is 0.110. The molecule has 0 unspecified atom stereocenters. The predicted molar refractivity (Wildman–Crippen MR) is 136 cm³/mol. The monoisotopic (exact) mass is 461 g/mol. The van der Waals surface area contributed by atoms with Crippen LogP contribution in [0.25, 0.3) is 0 Å². The number of ether oxygens (including phenoxy) is 2. The largest absolute Gasteiger partial charge is 0.485 e. The molecular formula is C28H35N3O3. The quantitative estimate of drug-likeness (QED) is 0.309. The number of para-hydroxylation sites is 1. The van der Waals surface area contributed by atoms with Gasteiger partial charge in [0.05, 0.1) is 5.56 Å². The van der Waals surface area contributed by atoms with Crippen LogP contribution in [0.1, 0.15) is 47.2 Å². The normalized spacial score (nSPS) is 11.6. The number of nitrogens with one attached hydrogen (secondary N) is 1. The summed E-state index contributed by atoms with van der Waals surface area (Å²) in [4.78, 5) is 13.2. The maximum Gasteiger partial charge on any atom is 0.255 e. The molecule has 180 valence electrons. The SMILES string of the molecule is NCCCCC[C@H](CN)NC(=O)c1cccc(OCc2ccccc2)c1OCc1ccccc1. The number of hydrogen-bond donors (Lipinski definition) is 3. The Hall–Kier alpha value is -3.35. The number of benzene rings is 3. The number of hydrogen-bond acceptors (Lipinski definition) is 5. The smallest absolute Gasteiger partial charge is 0.255 e. The zero-order valence-electron chi connectivity index (χ0n) is 19.6. The van der Waals surface area contributed by atoms with Crippen LogP contribution in [0, 0.1) is 0 Å². The highest BCUT2D eigenvalue weighted by molar-refractivity contribution is 5.98. The number of rotatable bonds is 14. The van der Waals surface area contributed by atoms with Gasteiger partial charge in [0, 0.05) is 12.6 Å². The lowest BCUT2D eigenvalue weighted by atomic mass is 10.1. The van der Waals surface area contributed by atoms with Crippen molar-refractivity contribution in [1.82, 2.24) is 5.32 Å². The lowest BCUT2D eigenvalue weighted by Gasteiger charge is -2.20. The molecule has 0 aliphatic rings. The van der Waals surface area contributed by atoms with Crippen LogP contribution in [-0.2, 0) is 13.2 Å². The van der Waals surface area contributed by atoms with E-state index in [0.29, 0.717) is 43.4 Å². The first-order valence-electron chi connectivity index (χ1n) is 11.9. The number of nitrogens with two attached hydrogens (primary N) is 2. The summed E-state index contributed by atoms with van der Waals surface area (Å²) in [5, 5.41) is 3.07. The third-order valence-electron chi connectivity index (χ3n) is 5.56. The summed E-state index contributed by atoms with van der Waals surface area (Å²) in [6.07, 6.45) is 3.78. The molecule has 1 atom stereocenters. The van der Waals surface area contributed by atoms with Crippen LogP contribution >= 0.6 is 0 Å². The molecule has 6 nitrogen and oxygen atoms in total. The third kappa shape index (κ3) is 7.90. The average Bonchev–Trinajstić information content (AvgIpc) is 2.89. The van der Waals surface area contributed by atoms with Gasteiger partial charge in [0.1, 0.15) is 13.2 Å². The minimum Gasteiger partial charge on any atom is -0.485 e. The Bertz CT molecular complexity index is 996. The Morgan fingerprint density at radius 2 is 1.41 bits per heavy atom. The first-order chi connectivity index (χ1) is 16.7. The van der Waals surface area contributed by atoms with Gasteiger partial charge in [-0.15, -0.1) is 0 Å². The Kier molecular flexibility index (Phi) is 10.4. The van der Waals surface area contributed by atoms with E-state index in [1.54, 1.807) is 6.07 Å². The van der Waals surface area contributed by atoms with Crippen molar-refractivity contribution in [2.75, 3.05) is 13.1 Å². The molecule has 3 aromatic carbocycles. The third-order valence-corrected chi connectivity index (χ3v) is 5.56. The molecule has 1 amide bonds. The molecule has 0 radical (unpaired) electrons. The summed E-state index contributed by atoms with van der Waals surface area (Å²) in [5.41, 5.74) is 14.0. The fraction of sp³-hybridized carbons (Fsp3) is 0.321. The molecule has 0 aromatic heterocycles. The summed E-state index contributed by atoms with van der Waals surface area (Å²) in [7, 11) is 0. The second-order valence-electron chi connectivity index (χ2n) is 8.23. The van der Waals surface area contributed by atoms with Crippen molar-refractivity contribution in [2.24, 2.45) is 11.5 Å². The Balaban J connectivity index is 1.77. The Labute approximate surface area is 202 Å². The van der Waals surface area contributed by atoms with Crippen LogP contribution in [0.4, 0.5) is 0 Å². The molecule has 0 saturated heterocycles. The molecule has 6 heteroatoms. The standard InChI is InChI=1S/C28H35N3O3/c29-18-9-3-8-15-24(19-30)31-28(32)25-16-10-17-26(33-20-22-11-4-1-5-12-22)27(25)34-21-23-13-6-2-7-14-23/h1-2,4-7,10-14,16-17,24H,3,8-9,15,18-21,29-30H2,(H,31,32)/t24-/m1/s1. The Morgan fingerprint density at radius 1 is 0.765 bits per heavy atom. The minimum atomic E-state index is -0.220. The fourth-order valence-electron chi connectivity index (χ4n) is 3.65. The molecule has 0 aliphatic carbocycles. The lowest BCUT2D eigenvalue weighted by molar-refractivity contribution is 0.0930. The van der Waals surface area contributed by atoms with Crippen LogP contribution in [-0.4, -0.2) is 25.0 Å². The molecular weight excluding hydrogens is 426 g/mol. The lowest BCUT2D eigenvalue weighted by Crippen LogP contribution is -2.40. The van der Waals surface area contributed by atoms with E-state index < -0.39 is 0 Å². The van der Waals surface area contributed by atoms with Crippen molar-refractivity contribution in [1.29, 1.82) is 0 Å². The summed E-state index contributed by atoms with van der Waals surface area (Å²) in [6, 6.07) is 25.0. The zero-order chi connectivity index (χ0) is 24.0. The van der Waals surface area contributed by atoms with E-state index in [0.717, 1.165) is 36.8 Å². The second kappa shape index (κ2) is 14.0. The first-order valence-corrected chi connectivity index (χ1v) is 11.9. The number of unbranched alkanes of at least 4 members (excludes halogenated alkanes) is 2. The number of carbonyl (C=O) groups excluding carboxylic acids is 1. The van der Waals surface area contributed by atoms with E-state index in [1.165, 1.54) is 0 Å². The highest BCUT2D eigenvalue weighted by Crippen LogP contribution is 2.33. The molecule has 3 aromatic rings. The van der Waals surface area contributed by atoms with E-state index in [9.17, 15) is 4.79 Å². The zero-order valence-corrected chi connectivity index (χ0v) is 19.6. The molecule has 0 bridgehead atoms. The maximum atomic E-state index is 13.2. The van der Waals surface area contributed by atoms with E-state index in [2.05, 4.69) is 5.32 Å². The topological polar surface area (TPSA) is 99.6 Å². The second-order valence-corrected chi connectivity index (χ2v) is 8.23. The van der Waals surface area contributed by atoms with Gasteiger partial charge in [-0.2, -0.15) is 0 Å². The highest BCUT2D eigenvalue weighted by atomic mass is 16.5. The molecule has 34 heavy (non-hydrogen) atoms. The van der Waals surface area contributed by atoms with Gasteiger partial charge in [-0.05, 0) is 42.6 Å². The van der Waals surface area contributed by atoms with E-state index in [1.807, 2.05) is 72.8 Å². The number of carbonyl (C=O) groups is 1. The molecule has 0 spiro atoms. The highest BCUT2D eigenvalue weighted by Gasteiger charge is 2.20. The fourth-order valence-corrected chi connectivity index (χ4v) is 3.65. The van der Waals surface area contributed by atoms with Crippen LogP contribution in [0.3, 0.4) is 0 Å². The van der Waals surface area contributed by atoms with Gasteiger partial charge >= 0.3 is 0 Å². The summed E-state index contributed by atoms with van der Waals surface area (Å²) in [6.45, 7) is 1.75. The van der Waals surface area contributed by atoms with Gasteiger partial charge < -0.3 is 26.3 Å². The molecule has 0 saturated carbocycles. The number of amides is 1. The van der Waals surface area contributed by atoms with Gasteiger partial charge in [0.15, 0.2) is 11.5 Å².